The van der Waals surface area contributed by atoms with Crippen molar-refractivity contribution in [2.45, 2.75) is 10.8 Å². The van der Waals surface area contributed by atoms with Crippen molar-refractivity contribution < 1.29 is 9.47 Å². The molecular formula is C70H43NO2. The molecule has 0 amide bonds. The van der Waals surface area contributed by atoms with Gasteiger partial charge in [-0.3, -0.25) is 0 Å². The van der Waals surface area contributed by atoms with Crippen LogP contribution in [0, 0.1) is 0 Å². The minimum atomic E-state index is -0.619. The highest BCUT2D eigenvalue weighted by Crippen LogP contribution is 2.66. The lowest BCUT2D eigenvalue weighted by molar-refractivity contribution is 0.436. The monoisotopic (exact) mass is 929 g/mol. The van der Waals surface area contributed by atoms with Crippen LogP contribution in [0.4, 0.5) is 17.1 Å². The molecule has 340 valence electrons. The minimum Gasteiger partial charge on any atom is -0.457 e. The predicted octanol–water partition coefficient (Wildman–Crippen LogP) is 18.1. The Labute approximate surface area is 423 Å². The Kier molecular flexibility index (Phi) is 8.30. The fraction of sp³-hybridized carbons (Fsp3) is 0.0286. The molecule has 0 bridgehead atoms. The summed E-state index contributed by atoms with van der Waals surface area (Å²) in [5.74, 6) is 3.54. The molecule has 0 saturated heterocycles. The number of fused-ring (bicyclic) bond motifs is 20. The highest BCUT2D eigenvalue weighted by atomic mass is 16.5. The molecule has 0 radical (unpaired) electrons. The van der Waals surface area contributed by atoms with Crippen molar-refractivity contribution in [2.75, 3.05) is 4.90 Å². The van der Waals surface area contributed by atoms with Gasteiger partial charge in [0.15, 0.2) is 0 Å². The second kappa shape index (κ2) is 15.0. The van der Waals surface area contributed by atoms with Crippen LogP contribution in [0.2, 0.25) is 0 Å². The third-order valence-corrected chi connectivity index (χ3v) is 16.3. The van der Waals surface area contributed by atoms with Crippen molar-refractivity contribution in [3.8, 4) is 56.4 Å². The van der Waals surface area contributed by atoms with Crippen LogP contribution in [-0.4, -0.2) is 0 Å². The fourth-order valence-corrected chi connectivity index (χ4v) is 13.4. The summed E-state index contributed by atoms with van der Waals surface area (Å²) in [5, 5.41) is 4.80. The molecule has 12 aromatic carbocycles. The summed E-state index contributed by atoms with van der Waals surface area (Å²) in [5.41, 5.74) is 19.0. The van der Waals surface area contributed by atoms with E-state index < -0.39 is 10.8 Å². The Morgan fingerprint density at radius 1 is 0.260 bits per heavy atom. The number of para-hydroxylation sites is 4. The topological polar surface area (TPSA) is 21.7 Å². The molecule has 0 atom stereocenters. The zero-order valence-electron chi connectivity index (χ0n) is 39.6. The highest BCUT2D eigenvalue weighted by Gasteiger charge is 2.53. The molecule has 2 heterocycles. The molecule has 2 spiro atoms. The third-order valence-electron chi connectivity index (χ3n) is 16.3. The zero-order valence-corrected chi connectivity index (χ0v) is 39.6. The Balaban J connectivity index is 0.964. The van der Waals surface area contributed by atoms with E-state index in [-0.39, 0.29) is 0 Å². The van der Waals surface area contributed by atoms with Gasteiger partial charge in [-0.2, -0.15) is 0 Å². The van der Waals surface area contributed by atoms with Gasteiger partial charge in [-0.05, 0) is 150 Å². The van der Waals surface area contributed by atoms with Crippen molar-refractivity contribution in [1.82, 2.24) is 0 Å². The second-order valence-corrected chi connectivity index (χ2v) is 19.9. The lowest BCUT2D eigenvalue weighted by Gasteiger charge is -2.39. The van der Waals surface area contributed by atoms with E-state index in [2.05, 4.69) is 266 Å². The number of anilines is 3. The predicted molar refractivity (Wildman–Crippen MR) is 296 cm³/mol. The van der Waals surface area contributed by atoms with Gasteiger partial charge in [-0.15, -0.1) is 0 Å². The van der Waals surface area contributed by atoms with Gasteiger partial charge in [0.2, 0.25) is 0 Å². The van der Waals surface area contributed by atoms with Crippen LogP contribution >= 0.6 is 0 Å². The normalized spacial score (nSPS) is 14.2. The molecule has 0 N–H and O–H groups in total. The van der Waals surface area contributed by atoms with Gasteiger partial charge in [-0.1, -0.05) is 182 Å². The molecule has 0 unspecified atom stereocenters. The number of hydrogen-bond donors (Lipinski definition) is 0. The van der Waals surface area contributed by atoms with E-state index in [9.17, 15) is 0 Å². The van der Waals surface area contributed by atoms with Gasteiger partial charge in [0, 0.05) is 39.2 Å². The number of benzene rings is 12. The Bertz CT molecular complexity index is 4190. The van der Waals surface area contributed by atoms with Gasteiger partial charge >= 0.3 is 0 Å². The molecule has 2 aliphatic heterocycles. The molecular weight excluding hydrogens is 887 g/mol. The molecule has 2 aliphatic carbocycles. The molecule has 0 saturated carbocycles. The van der Waals surface area contributed by atoms with Crippen LogP contribution in [0.5, 0.6) is 23.0 Å². The first kappa shape index (κ1) is 40.3. The Morgan fingerprint density at radius 2 is 0.699 bits per heavy atom. The van der Waals surface area contributed by atoms with Crippen molar-refractivity contribution in [1.29, 1.82) is 0 Å². The van der Waals surface area contributed by atoms with Crippen LogP contribution < -0.4 is 14.4 Å². The standard InChI is InChI=1S/C70H43NO2/c1-2-17-44(18-3-1)45-33-36-50(37-34-45)71(63-28-16-27-60-68(63)52-21-6-7-22-55(52)69(60)56-23-8-12-29-64(56)72-65-30-13-9-24-57(65)69)51-38-35-48-41-54-53-40-46-19-4-5-20-47(46)42-61(53)70(62(54)43-49(48)39-51)58-25-10-14-31-66(58)73-67-32-15-11-26-59(67)70/h1-43H. The summed E-state index contributed by atoms with van der Waals surface area (Å²) in [7, 11) is 0. The van der Waals surface area contributed by atoms with Crippen LogP contribution in [-0.2, 0) is 10.8 Å². The second-order valence-electron chi connectivity index (χ2n) is 19.9. The van der Waals surface area contributed by atoms with Crippen molar-refractivity contribution in [2.24, 2.45) is 0 Å². The summed E-state index contributed by atoms with van der Waals surface area (Å²) < 4.78 is 13.5. The van der Waals surface area contributed by atoms with Crippen LogP contribution in [0.25, 0.3) is 54.9 Å². The fourth-order valence-electron chi connectivity index (χ4n) is 13.4. The molecule has 0 fully saturated rings. The number of rotatable bonds is 4. The number of hydrogen-bond acceptors (Lipinski definition) is 3. The Morgan fingerprint density at radius 3 is 1.30 bits per heavy atom. The van der Waals surface area contributed by atoms with Crippen molar-refractivity contribution >= 4 is 38.6 Å². The summed E-state index contributed by atoms with van der Waals surface area (Å²) in [6.45, 7) is 0. The van der Waals surface area contributed by atoms with Crippen molar-refractivity contribution in [3.63, 3.8) is 0 Å². The maximum atomic E-state index is 6.78. The van der Waals surface area contributed by atoms with Crippen LogP contribution in [0.15, 0.2) is 261 Å². The third kappa shape index (κ3) is 5.43. The largest absolute Gasteiger partial charge is 0.457 e. The lowest BCUT2D eigenvalue weighted by Crippen LogP contribution is -2.32. The SMILES string of the molecule is c1ccc(-c2ccc(N(c3ccc4cc5c(cc4c3)C3(c4ccccc4Oc4ccccc43)c3cc4ccccc4cc3-5)c3cccc4c3-c3ccccc3C43c4ccccc4Oc4ccccc43)cc2)cc1. The van der Waals surface area contributed by atoms with Gasteiger partial charge in [0.25, 0.3) is 0 Å². The van der Waals surface area contributed by atoms with Gasteiger partial charge in [0.1, 0.15) is 23.0 Å². The smallest absolute Gasteiger partial charge is 0.132 e. The first-order chi connectivity index (χ1) is 36.2. The molecule has 12 aromatic rings. The first-order valence-corrected chi connectivity index (χ1v) is 25.2. The van der Waals surface area contributed by atoms with Gasteiger partial charge < -0.3 is 14.4 Å². The van der Waals surface area contributed by atoms with Crippen LogP contribution in [0.1, 0.15) is 44.5 Å². The molecule has 3 nitrogen and oxygen atoms in total. The first-order valence-electron chi connectivity index (χ1n) is 25.2. The maximum absolute atomic E-state index is 6.78. The summed E-state index contributed by atoms with van der Waals surface area (Å²) >= 11 is 0. The highest BCUT2D eigenvalue weighted by molar-refractivity contribution is 6.04. The van der Waals surface area contributed by atoms with Crippen molar-refractivity contribution in [3.05, 3.63) is 305 Å². The summed E-state index contributed by atoms with van der Waals surface area (Å²) in [4.78, 5) is 2.49. The van der Waals surface area contributed by atoms with Gasteiger partial charge in [-0.25, -0.2) is 0 Å². The van der Waals surface area contributed by atoms with E-state index in [0.29, 0.717) is 0 Å². The zero-order chi connectivity index (χ0) is 47.8. The van der Waals surface area contributed by atoms with E-state index in [1.54, 1.807) is 0 Å². The van der Waals surface area contributed by atoms with E-state index in [1.165, 1.54) is 71.8 Å². The van der Waals surface area contributed by atoms with E-state index in [0.717, 1.165) is 67.7 Å². The average molecular weight is 930 g/mol. The summed E-state index contributed by atoms with van der Waals surface area (Å²) in [6, 6.07) is 95.9. The molecule has 16 rings (SSSR count). The molecule has 3 heteroatoms. The maximum Gasteiger partial charge on any atom is 0.132 e. The molecule has 0 aromatic heterocycles. The quantitative estimate of drug-likeness (QED) is 0.176. The average Bonchev–Trinajstić information content (AvgIpc) is 3.89. The van der Waals surface area contributed by atoms with E-state index in [1.807, 2.05) is 0 Å². The minimum absolute atomic E-state index is 0.607. The van der Waals surface area contributed by atoms with E-state index in [4.69, 9.17) is 9.47 Å². The summed E-state index contributed by atoms with van der Waals surface area (Å²) in [6.07, 6.45) is 0. The molecule has 4 aliphatic rings. The Hall–Kier alpha value is -9.44. The molecule has 73 heavy (non-hydrogen) atoms. The van der Waals surface area contributed by atoms with E-state index >= 15 is 0 Å². The van der Waals surface area contributed by atoms with Gasteiger partial charge in [0.05, 0.1) is 16.5 Å². The lowest BCUT2D eigenvalue weighted by atomic mass is 9.66. The number of nitrogens with zero attached hydrogens (tertiary/aromatic N) is 1. The number of ether oxygens (including phenoxy) is 2. The van der Waals surface area contributed by atoms with Crippen LogP contribution in [0.3, 0.4) is 0 Å².